The van der Waals surface area contributed by atoms with E-state index < -0.39 is 6.10 Å². The van der Waals surface area contributed by atoms with Gasteiger partial charge in [0.2, 0.25) is 5.13 Å². The number of rotatable bonds is 3. The molecular formula is C17H22N4O2S. The number of urea groups is 1. The molecule has 2 N–H and O–H groups in total. The van der Waals surface area contributed by atoms with Gasteiger partial charge in [-0.25, -0.2) is 4.79 Å². The van der Waals surface area contributed by atoms with Crippen LogP contribution in [0.25, 0.3) is 0 Å². The summed E-state index contributed by atoms with van der Waals surface area (Å²) < 4.78 is 0. The molecule has 0 radical (unpaired) electrons. The molecule has 1 saturated heterocycles. The van der Waals surface area contributed by atoms with E-state index in [1.807, 2.05) is 18.2 Å². The molecule has 7 heteroatoms. The number of aliphatic hydroxyl groups is 1. The van der Waals surface area contributed by atoms with Crippen LogP contribution in [0.4, 0.5) is 9.93 Å². The summed E-state index contributed by atoms with van der Waals surface area (Å²) in [6.45, 7) is 5.21. The van der Waals surface area contributed by atoms with E-state index in [0.29, 0.717) is 18.2 Å². The standard InChI is InChI=1S/C17H22N4O2S/c1-17(2,12-7-4-3-5-8-12)14-19-20-15(24-14)18-16(23)21-10-6-9-13(22)11-21/h3-5,7-8,13,22H,6,9-11H2,1-2H3,(H,18,20,23)/t13-/m1/s1. The Morgan fingerprint density at radius 3 is 2.79 bits per heavy atom. The fourth-order valence-corrected chi connectivity index (χ4v) is 3.67. The lowest BCUT2D eigenvalue weighted by atomic mass is 9.85. The van der Waals surface area contributed by atoms with E-state index >= 15 is 0 Å². The number of amides is 2. The molecule has 1 aliphatic rings. The van der Waals surface area contributed by atoms with Gasteiger partial charge < -0.3 is 10.0 Å². The van der Waals surface area contributed by atoms with E-state index in [1.165, 1.54) is 11.3 Å². The first-order valence-corrected chi connectivity index (χ1v) is 8.92. The van der Waals surface area contributed by atoms with Crippen LogP contribution in [0.15, 0.2) is 30.3 Å². The quantitative estimate of drug-likeness (QED) is 0.896. The number of aromatic nitrogens is 2. The molecule has 0 aliphatic carbocycles. The minimum absolute atomic E-state index is 0.228. The highest BCUT2D eigenvalue weighted by molar-refractivity contribution is 7.15. The molecular weight excluding hydrogens is 324 g/mol. The summed E-state index contributed by atoms with van der Waals surface area (Å²) in [7, 11) is 0. The molecule has 1 aliphatic heterocycles. The zero-order valence-corrected chi connectivity index (χ0v) is 14.7. The molecule has 3 rings (SSSR count). The summed E-state index contributed by atoms with van der Waals surface area (Å²) in [4.78, 5) is 13.9. The summed E-state index contributed by atoms with van der Waals surface area (Å²) in [6, 6.07) is 9.89. The first-order chi connectivity index (χ1) is 11.5. The molecule has 2 amide bonds. The van der Waals surface area contributed by atoms with Crippen LogP contribution >= 0.6 is 11.3 Å². The van der Waals surface area contributed by atoms with Crippen molar-refractivity contribution in [1.29, 1.82) is 0 Å². The van der Waals surface area contributed by atoms with Gasteiger partial charge in [0, 0.05) is 18.5 Å². The summed E-state index contributed by atoms with van der Waals surface area (Å²) >= 11 is 1.38. The minimum Gasteiger partial charge on any atom is -0.391 e. The largest absolute Gasteiger partial charge is 0.391 e. The van der Waals surface area contributed by atoms with Crippen molar-refractivity contribution in [3.63, 3.8) is 0 Å². The van der Waals surface area contributed by atoms with Gasteiger partial charge in [-0.2, -0.15) is 0 Å². The lowest BCUT2D eigenvalue weighted by Gasteiger charge is -2.29. The predicted molar refractivity (Wildman–Crippen MR) is 94.3 cm³/mol. The lowest BCUT2D eigenvalue weighted by molar-refractivity contribution is 0.0883. The summed E-state index contributed by atoms with van der Waals surface area (Å²) in [5.74, 6) is 0. The fourth-order valence-electron chi connectivity index (χ4n) is 2.81. The maximum atomic E-state index is 12.3. The third kappa shape index (κ3) is 3.57. The molecule has 0 spiro atoms. The van der Waals surface area contributed by atoms with Gasteiger partial charge in [0.05, 0.1) is 6.10 Å². The number of piperidine rings is 1. The van der Waals surface area contributed by atoms with Gasteiger partial charge in [-0.3, -0.25) is 5.32 Å². The van der Waals surface area contributed by atoms with Gasteiger partial charge >= 0.3 is 6.03 Å². The third-order valence-corrected chi connectivity index (χ3v) is 5.52. The Kier molecular flexibility index (Phi) is 4.82. The molecule has 0 bridgehead atoms. The van der Waals surface area contributed by atoms with Crippen LogP contribution in [0.1, 0.15) is 37.3 Å². The Morgan fingerprint density at radius 1 is 1.33 bits per heavy atom. The van der Waals surface area contributed by atoms with Crippen molar-refractivity contribution in [1.82, 2.24) is 15.1 Å². The highest BCUT2D eigenvalue weighted by atomic mass is 32.1. The first kappa shape index (κ1) is 16.9. The van der Waals surface area contributed by atoms with Crippen molar-refractivity contribution < 1.29 is 9.90 Å². The van der Waals surface area contributed by atoms with Crippen LogP contribution in [0.5, 0.6) is 0 Å². The first-order valence-electron chi connectivity index (χ1n) is 8.10. The van der Waals surface area contributed by atoms with Crippen LogP contribution in [0.2, 0.25) is 0 Å². The summed E-state index contributed by atoms with van der Waals surface area (Å²) in [6.07, 6.45) is 1.13. The van der Waals surface area contributed by atoms with Crippen molar-refractivity contribution in [2.45, 2.75) is 38.2 Å². The number of hydrogen-bond donors (Lipinski definition) is 2. The smallest absolute Gasteiger partial charge is 0.323 e. The molecule has 128 valence electrons. The van der Waals surface area contributed by atoms with Crippen molar-refractivity contribution in [2.24, 2.45) is 0 Å². The van der Waals surface area contributed by atoms with Gasteiger partial charge in [0.15, 0.2) is 0 Å². The number of benzene rings is 1. The molecule has 0 unspecified atom stereocenters. The van der Waals surface area contributed by atoms with Crippen LogP contribution in [0, 0.1) is 0 Å². The zero-order chi connectivity index (χ0) is 17.2. The van der Waals surface area contributed by atoms with Gasteiger partial charge in [-0.05, 0) is 32.3 Å². The van der Waals surface area contributed by atoms with Crippen molar-refractivity contribution in [3.05, 3.63) is 40.9 Å². The number of aliphatic hydroxyl groups excluding tert-OH is 1. The third-order valence-electron chi connectivity index (χ3n) is 4.35. The Labute approximate surface area is 145 Å². The van der Waals surface area contributed by atoms with Gasteiger partial charge in [-0.1, -0.05) is 41.7 Å². The highest BCUT2D eigenvalue weighted by Crippen LogP contribution is 2.34. The number of likely N-dealkylation sites (tertiary alicyclic amines) is 1. The highest BCUT2D eigenvalue weighted by Gasteiger charge is 2.28. The number of hydrogen-bond acceptors (Lipinski definition) is 5. The van der Waals surface area contributed by atoms with Crippen molar-refractivity contribution in [3.8, 4) is 0 Å². The molecule has 1 aromatic heterocycles. The normalized spacial score (nSPS) is 18.5. The van der Waals surface area contributed by atoms with E-state index in [4.69, 9.17) is 0 Å². The molecule has 2 aromatic rings. The molecule has 1 aromatic carbocycles. The van der Waals surface area contributed by atoms with Gasteiger partial charge in [0.25, 0.3) is 0 Å². The Morgan fingerprint density at radius 2 is 2.08 bits per heavy atom. The van der Waals surface area contributed by atoms with E-state index in [0.717, 1.165) is 23.4 Å². The maximum absolute atomic E-state index is 12.3. The molecule has 2 heterocycles. The number of carbonyl (C=O) groups is 1. The van der Waals surface area contributed by atoms with Crippen molar-refractivity contribution in [2.75, 3.05) is 18.4 Å². The van der Waals surface area contributed by atoms with Crippen LogP contribution in [-0.2, 0) is 5.41 Å². The van der Waals surface area contributed by atoms with Gasteiger partial charge in [-0.15, -0.1) is 10.2 Å². The number of β-amino-alcohol motifs (C(OH)–C–C–N with tert-alkyl or cyclic N) is 1. The average Bonchev–Trinajstić information content (AvgIpc) is 3.05. The van der Waals surface area contributed by atoms with E-state index in [1.54, 1.807) is 4.90 Å². The second-order valence-electron chi connectivity index (χ2n) is 6.58. The lowest BCUT2D eigenvalue weighted by Crippen LogP contribution is -2.44. The summed E-state index contributed by atoms with van der Waals surface area (Å²) in [5, 5.41) is 22.2. The fraction of sp³-hybridized carbons (Fsp3) is 0.471. The average molecular weight is 346 g/mol. The van der Waals surface area contributed by atoms with Crippen LogP contribution < -0.4 is 5.32 Å². The number of nitrogens with one attached hydrogen (secondary N) is 1. The SMILES string of the molecule is CC(C)(c1ccccc1)c1nnc(NC(=O)N2CCC[C@@H](O)C2)s1. The van der Waals surface area contributed by atoms with Crippen molar-refractivity contribution >= 4 is 22.5 Å². The van der Waals surface area contributed by atoms with E-state index in [2.05, 4.69) is 41.5 Å². The second kappa shape index (κ2) is 6.86. The Balaban J connectivity index is 1.70. The maximum Gasteiger partial charge on any atom is 0.323 e. The van der Waals surface area contributed by atoms with Crippen LogP contribution in [-0.4, -0.2) is 45.4 Å². The Hall–Kier alpha value is -1.99. The molecule has 0 saturated carbocycles. The molecule has 6 nitrogen and oxygen atoms in total. The molecule has 1 fully saturated rings. The van der Waals surface area contributed by atoms with E-state index in [9.17, 15) is 9.90 Å². The second-order valence-corrected chi connectivity index (χ2v) is 7.55. The summed E-state index contributed by atoms with van der Waals surface area (Å²) in [5.41, 5.74) is 0.877. The monoisotopic (exact) mass is 346 g/mol. The van der Waals surface area contributed by atoms with E-state index in [-0.39, 0.29) is 11.4 Å². The molecule has 1 atom stereocenters. The minimum atomic E-state index is -0.438. The predicted octanol–water partition coefficient (Wildman–Crippen LogP) is 2.85. The van der Waals surface area contributed by atoms with Gasteiger partial charge in [0.1, 0.15) is 5.01 Å². The number of nitrogens with zero attached hydrogens (tertiary/aromatic N) is 3. The molecule has 24 heavy (non-hydrogen) atoms. The number of anilines is 1. The Bertz CT molecular complexity index is 702. The topological polar surface area (TPSA) is 78.4 Å². The zero-order valence-electron chi connectivity index (χ0n) is 13.9. The van der Waals surface area contributed by atoms with Crippen LogP contribution in [0.3, 0.4) is 0 Å². The number of carbonyl (C=O) groups excluding carboxylic acids is 1.